The van der Waals surface area contributed by atoms with Gasteiger partial charge in [-0.15, -0.1) is 0 Å². The number of para-hydroxylation sites is 3. The highest BCUT2D eigenvalue weighted by Gasteiger charge is 2.23. The average Bonchev–Trinajstić information content (AvgIpc) is 3.35. The number of nitrogens with one attached hydrogen (secondary N) is 3. The molecule has 7 nitrogen and oxygen atoms in total. The maximum absolute atomic E-state index is 13.1. The van der Waals surface area contributed by atoms with Gasteiger partial charge in [-0.05, 0) is 80.2 Å². The van der Waals surface area contributed by atoms with Crippen molar-refractivity contribution in [3.8, 4) is 5.75 Å². The minimum atomic E-state index is -0.232. The van der Waals surface area contributed by atoms with E-state index in [0.717, 1.165) is 80.0 Å². The number of piperidine rings is 1. The molecule has 0 saturated carbocycles. The zero-order chi connectivity index (χ0) is 24.3. The van der Waals surface area contributed by atoms with Crippen molar-refractivity contribution in [2.24, 2.45) is 0 Å². The predicted octanol–water partition coefficient (Wildman–Crippen LogP) is 4.90. The standard InChI is InChI=1S/C29H31N5O2/c35-29(28-31-24-7-1-2-8-25(24)32-28)33-26-9-3-5-21-6-4-18-34(27(21)26)19-20-10-12-22(13-11-20)36-23-14-16-30-17-15-23/h1-3,5,7-13,23,30H,4,6,14-19H2,(H,31,32)(H,33,35). The van der Waals surface area contributed by atoms with Gasteiger partial charge in [0.05, 0.1) is 22.4 Å². The summed E-state index contributed by atoms with van der Waals surface area (Å²) in [5.41, 5.74) is 6.04. The maximum Gasteiger partial charge on any atom is 0.291 e. The van der Waals surface area contributed by atoms with Crippen molar-refractivity contribution in [1.29, 1.82) is 0 Å². The van der Waals surface area contributed by atoms with Gasteiger partial charge in [0.15, 0.2) is 5.82 Å². The summed E-state index contributed by atoms with van der Waals surface area (Å²) >= 11 is 0. The molecule has 1 aromatic heterocycles. The number of aromatic nitrogens is 2. The second-order valence-corrected chi connectivity index (χ2v) is 9.61. The molecule has 36 heavy (non-hydrogen) atoms. The first kappa shape index (κ1) is 22.6. The van der Waals surface area contributed by atoms with Crippen LogP contribution in [0, 0.1) is 0 Å². The minimum absolute atomic E-state index is 0.232. The highest BCUT2D eigenvalue weighted by atomic mass is 16.5. The van der Waals surface area contributed by atoms with E-state index in [1.807, 2.05) is 36.4 Å². The van der Waals surface area contributed by atoms with E-state index < -0.39 is 0 Å². The molecule has 1 fully saturated rings. The molecule has 0 unspecified atom stereocenters. The Morgan fingerprint density at radius 2 is 1.86 bits per heavy atom. The Labute approximate surface area is 210 Å². The summed E-state index contributed by atoms with van der Waals surface area (Å²) < 4.78 is 6.17. The number of hydrogen-bond acceptors (Lipinski definition) is 5. The Hall–Kier alpha value is -3.84. The summed E-state index contributed by atoms with van der Waals surface area (Å²) in [5, 5.41) is 6.50. The first-order chi connectivity index (χ1) is 17.7. The Morgan fingerprint density at radius 3 is 2.69 bits per heavy atom. The Balaban J connectivity index is 1.19. The van der Waals surface area contributed by atoms with Gasteiger partial charge in [-0.3, -0.25) is 4.79 Å². The molecule has 0 radical (unpaired) electrons. The molecule has 0 spiro atoms. The van der Waals surface area contributed by atoms with Crippen LogP contribution in [0.15, 0.2) is 66.7 Å². The molecule has 0 aliphatic carbocycles. The quantitative estimate of drug-likeness (QED) is 0.365. The molecule has 3 aromatic carbocycles. The number of anilines is 2. The van der Waals surface area contributed by atoms with E-state index in [1.165, 1.54) is 11.1 Å². The number of carbonyl (C=O) groups is 1. The summed E-state index contributed by atoms with van der Waals surface area (Å²) in [6.45, 7) is 3.76. The van der Waals surface area contributed by atoms with Crippen LogP contribution in [0.5, 0.6) is 5.75 Å². The molecule has 6 rings (SSSR count). The number of aryl methyl sites for hydroxylation is 1. The first-order valence-corrected chi connectivity index (χ1v) is 12.8. The van der Waals surface area contributed by atoms with E-state index in [2.05, 4.69) is 55.8 Å². The molecule has 3 N–H and O–H groups in total. The van der Waals surface area contributed by atoms with Crippen molar-refractivity contribution in [1.82, 2.24) is 15.3 Å². The summed E-state index contributed by atoms with van der Waals surface area (Å²) in [4.78, 5) is 23.1. The van der Waals surface area contributed by atoms with Crippen LogP contribution >= 0.6 is 0 Å². The number of carbonyl (C=O) groups excluding carboxylic acids is 1. The summed E-state index contributed by atoms with van der Waals surface area (Å²) in [7, 11) is 0. The molecule has 4 aromatic rings. The van der Waals surface area contributed by atoms with Crippen LogP contribution in [0.1, 0.15) is 41.0 Å². The van der Waals surface area contributed by atoms with Gasteiger partial charge in [-0.1, -0.05) is 36.4 Å². The lowest BCUT2D eigenvalue weighted by atomic mass is 9.99. The molecule has 2 aliphatic rings. The SMILES string of the molecule is O=C(Nc1cccc2c1N(Cc1ccc(OC3CCNCC3)cc1)CCC2)c1nc2ccccc2[nH]1. The van der Waals surface area contributed by atoms with Crippen molar-refractivity contribution >= 4 is 28.3 Å². The van der Waals surface area contributed by atoms with Crippen molar-refractivity contribution in [3.63, 3.8) is 0 Å². The fourth-order valence-electron chi connectivity index (χ4n) is 5.24. The molecular weight excluding hydrogens is 450 g/mol. The zero-order valence-electron chi connectivity index (χ0n) is 20.3. The number of rotatable bonds is 6. The van der Waals surface area contributed by atoms with Gasteiger partial charge in [0.2, 0.25) is 0 Å². The second kappa shape index (κ2) is 10.0. The van der Waals surface area contributed by atoms with E-state index in [9.17, 15) is 4.79 Å². The van der Waals surface area contributed by atoms with Crippen molar-refractivity contribution in [3.05, 3.63) is 83.7 Å². The molecule has 0 atom stereocenters. The second-order valence-electron chi connectivity index (χ2n) is 9.61. The summed E-state index contributed by atoms with van der Waals surface area (Å²) in [6, 6.07) is 22.3. The molecule has 184 valence electrons. The lowest BCUT2D eigenvalue weighted by Crippen LogP contribution is -2.34. The van der Waals surface area contributed by atoms with Gasteiger partial charge in [-0.25, -0.2) is 4.98 Å². The van der Waals surface area contributed by atoms with Gasteiger partial charge >= 0.3 is 0 Å². The van der Waals surface area contributed by atoms with Gasteiger partial charge < -0.3 is 25.3 Å². The highest BCUT2D eigenvalue weighted by molar-refractivity contribution is 6.05. The van der Waals surface area contributed by atoms with Crippen LogP contribution < -0.4 is 20.3 Å². The van der Waals surface area contributed by atoms with Crippen molar-refractivity contribution in [2.75, 3.05) is 29.9 Å². The Kier molecular flexibility index (Phi) is 6.30. The number of amides is 1. The van der Waals surface area contributed by atoms with Crippen LogP contribution in [0.2, 0.25) is 0 Å². The number of aromatic amines is 1. The molecule has 1 saturated heterocycles. The van der Waals surface area contributed by atoms with E-state index in [4.69, 9.17) is 4.74 Å². The third-order valence-corrected chi connectivity index (χ3v) is 7.05. The van der Waals surface area contributed by atoms with E-state index in [-0.39, 0.29) is 5.91 Å². The molecule has 7 heteroatoms. The van der Waals surface area contributed by atoms with Gasteiger partial charge in [0, 0.05) is 13.1 Å². The van der Waals surface area contributed by atoms with Crippen molar-refractivity contribution < 1.29 is 9.53 Å². The average molecular weight is 482 g/mol. The topological polar surface area (TPSA) is 82.3 Å². The number of hydrogen-bond donors (Lipinski definition) is 3. The Bertz CT molecular complexity index is 1320. The van der Waals surface area contributed by atoms with Crippen molar-refractivity contribution in [2.45, 2.75) is 38.3 Å². The smallest absolute Gasteiger partial charge is 0.291 e. The number of ether oxygens (including phenoxy) is 1. The monoisotopic (exact) mass is 481 g/mol. The number of imidazole rings is 1. The van der Waals surface area contributed by atoms with Gasteiger partial charge in [0.1, 0.15) is 11.9 Å². The number of nitrogens with zero attached hydrogens (tertiary/aromatic N) is 2. The normalized spacial score (nSPS) is 16.1. The van der Waals surface area contributed by atoms with Crippen LogP contribution in [0.4, 0.5) is 11.4 Å². The first-order valence-electron chi connectivity index (χ1n) is 12.8. The lowest BCUT2D eigenvalue weighted by molar-refractivity contribution is 0.101. The largest absolute Gasteiger partial charge is 0.490 e. The molecular formula is C29H31N5O2. The molecule has 2 aliphatic heterocycles. The van der Waals surface area contributed by atoms with Gasteiger partial charge in [0.25, 0.3) is 5.91 Å². The summed E-state index contributed by atoms with van der Waals surface area (Å²) in [6.07, 6.45) is 4.49. The fourth-order valence-corrected chi connectivity index (χ4v) is 5.24. The van der Waals surface area contributed by atoms with Crippen LogP contribution in [0.25, 0.3) is 11.0 Å². The fraction of sp³-hybridized carbons (Fsp3) is 0.310. The maximum atomic E-state index is 13.1. The van der Waals surface area contributed by atoms with Gasteiger partial charge in [-0.2, -0.15) is 0 Å². The Morgan fingerprint density at radius 1 is 1.03 bits per heavy atom. The third-order valence-electron chi connectivity index (χ3n) is 7.05. The van der Waals surface area contributed by atoms with E-state index in [0.29, 0.717) is 11.9 Å². The molecule has 3 heterocycles. The van der Waals surface area contributed by atoms with E-state index >= 15 is 0 Å². The molecule has 0 bridgehead atoms. The molecule has 1 amide bonds. The number of fused-ring (bicyclic) bond motifs is 2. The van der Waals surface area contributed by atoms with E-state index in [1.54, 1.807) is 0 Å². The number of benzene rings is 3. The van der Waals surface area contributed by atoms with Crippen LogP contribution in [0.3, 0.4) is 0 Å². The minimum Gasteiger partial charge on any atom is -0.490 e. The highest BCUT2D eigenvalue weighted by Crippen LogP contribution is 2.36. The van der Waals surface area contributed by atoms with Crippen LogP contribution in [-0.2, 0) is 13.0 Å². The zero-order valence-corrected chi connectivity index (χ0v) is 20.3. The number of H-pyrrole nitrogens is 1. The third kappa shape index (κ3) is 4.79. The lowest BCUT2D eigenvalue weighted by Gasteiger charge is -2.33. The predicted molar refractivity (Wildman–Crippen MR) is 143 cm³/mol. The summed E-state index contributed by atoms with van der Waals surface area (Å²) in [5.74, 6) is 1.02. The van der Waals surface area contributed by atoms with Crippen LogP contribution in [-0.4, -0.2) is 41.6 Å².